The first-order chi connectivity index (χ1) is 17.8. The van der Waals surface area contributed by atoms with Gasteiger partial charge in [-0.05, 0) is 26.2 Å². The number of rotatable bonds is 28. The number of hydrogen-bond donors (Lipinski definition) is 0. The quantitative estimate of drug-likeness (QED) is 0.0794. The molecule has 1 aromatic rings. The van der Waals surface area contributed by atoms with Crippen molar-refractivity contribution in [3.8, 4) is 0 Å². The summed E-state index contributed by atoms with van der Waals surface area (Å²) in [5.74, 6) is 1.57. The zero-order valence-electron chi connectivity index (χ0n) is 25.3. The van der Waals surface area contributed by atoms with Gasteiger partial charge in [0.15, 0.2) is 0 Å². The van der Waals surface area contributed by atoms with Crippen LogP contribution in [-0.2, 0) is 19.5 Å². The van der Waals surface area contributed by atoms with Gasteiger partial charge in [-0.15, -0.1) is 0 Å². The highest BCUT2D eigenvalue weighted by Gasteiger charge is 2.15. The lowest BCUT2D eigenvalue weighted by molar-refractivity contribution is -0.700. The average Bonchev–Trinajstić information content (AvgIpc) is 3.29. The Kier molecular flexibility index (Phi) is 23.9. The molecule has 0 bridgehead atoms. The minimum atomic E-state index is 1.11. The van der Waals surface area contributed by atoms with Crippen LogP contribution in [0.1, 0.15) is 187 Å². The molecule has 0 radical (unpaired) electrons. The fourth-order valence-corrected chi connectivity index (χ4v) is 5.70. The fraction of sp³-hybridized carbons (Fsp3) is 0.912. The Hall–Kier alpha value is -0.790. The van der Waals surface area contributed by atoms with Gasteiger partial charge in [0.25, 0.3) is 5.82 Å². The zero-order valence-corrected chi connectivity index (χ0v) is 25.3. The molecule has 0 spiro atoms. The van der Waals surface area contributed by atoms with Crippen LogP contribution in [0.3, 0.4) is 0 Å². The maximum absolute atomic E-state index is 2.57. The number of aromatic nitrogens is 2. The van der Waals surface area contributed by atoms with E-state index in [0.29, 0.717) is 0 Å². The normalized spacial score (nSPS) is 11.5. The number of unbranched alkanes of at least 4 members (excludes halogenated alkanes) is 23. The molecule has 1 heterocycles. The Labute approximate surface area is 228 Å². The number of imidazole rings is 1. The summed E-state index contributed by atoms with van der Waals surface area (Å²) in [6.45, 7) is 9.23. The van der Waals surface area contributed by atoms with Crippen molar-refractivity contribution in [2.24, 2.45) is 0 Å². The van der Waals surface area contributed by atoms with Crippen LogP contribution in [0, 0.1) is 0 Å². The second-order valence-corrected chi connectivity index (χ2v) is 11.6. The number of nitrogens with zero attached hydrogens (tertiary/aromatic N) is 2. The van der Waals surface area contributed by atoms with Crippen LogP contribution in [0.25, 0.3) is 0 Å². The van der Waals surface area contributed by atoms with Crippen molar-refractivity contribution < 1.29 is 4.57 Å². The molecule has 36 heavy (non-hydrogen) atoms. The predicted octanol–water partition coefficient (Wildman–Crippen LogP) is 11.1. The molecule has 0 fully saturated rings. The van der Waals surface area contributed by atoms with E-state index in [1.807, 2.05) is 0 Å². The van der Waals surface area contributed by atoms with Crippen LogP contribution < -0.4 is 4.57 Å². The summed E-state index contributed by atoms with van der Waals surface area (Å²) in [5, 5.41) is 0. The van der Waals surface area contributed by atoms with E-state index < -0.39 is 0 Å². The van der Waals surface area contributed by atoms with Crippen molar-refractivity contribution in [1.82, 2.24) is 4.57 Å². The molecular weight excluding hydrogens is 436 g/mol. The van der Waals surface area contributed by atoms with Gasteiger partial charge in [0, 0.05) is 6.42 Å². The highest BCUT2D eigenvalue weighted by Crippen LogP contribution is 2.15. The van der Waals surface area contributed by atoms with Gasteiger partial charge >= 0.3 is 0 Å². The van der Waals surface area contributed by atoms with Crippen LogP contribution in [0.15, 0.2) is 12.4 Å². The molecule has 2 heteroatoms. The van der Waals surface area contributed by atoms with Crippen molar-refractivity contribution in [3.63, 3.8) is 0 Å². The van der Waals surface area contributed by atoms with E-state index in [0.717, 1.165) is 6.54 Å². The summed E-state index contributed by atoms with van der Waals surface area (Å²) in [6, 6.07) is 0. The van der Waals surface area contributed by atoms with E-state index in [2.05, 4.69) is 42.3 Å². The first-order valence-corrected chi connectivity index (χ1v) is 16.9. The Balaban J connectivity index is 2.01. The number of aryl methyl sites for hydroxylation is 2. The second kappa shape index (κ2) is 25.8. The molecule has 0 aliphatic rings. The minimum absolute atomic E-state index is 1.11. The van der Waals surface area contributed by atoms with Gasteiger partial charge in [-0.2, -0.15) is 0 Å². The van der Waals surface area contributed by atoms with Crippen LogP contribution in [-0.4, -0.2) is 4.57 Å². The Morgan fingerprint density at radius 2 is 0.833 bits per heavy atom. The third-order valence-electron chi connectivity index (χ3n) is 8.19. The summed E-state index contributed by atoms with van der Waals surface area (Å²) >= 11 is 0. The molecule has 0 aliphatic heterocycles. The van der Waals surface area contributed by atoms with Crippen molar-refractivity contribution in [1.29, 1.82) is 0 Å². The Bertz CT molecular complexity index is 562. The predicted molar refractivity (Wildman–Crippen MR) is 161 cm³/mol. The third kappa shape index (κ3) is 18.5. The third-order valence-corrected chi connectivity index (χ3v) is 8.19. The Morgan fingerprint density at radius 1 is 0.472 bits per heavy atom. The molecule has 0 saturated carbocycles. The van der Waals surface area contributed by atoms with E-state index in [9.17, 15) is 0 Å². The van der Waals surface area contributed by atoms with Crippen LogP contribution in [0.4, 0.5) is 0 Å². The first-order valence-electron chi connectivity index (χ1n) is 16.9. The van der Waals surface area contributed by atoms with Gasteiger partial charge in [0.2, 0.25) is 0 Å². The maximum Gasteiger partial charge on any atom is 0.256 e. The van der Waals surface area contributed by atoms with Crippen molar-refractivity contribution in [3.05, 3.63) is 18.2 Å². The molecule has 1 aromatic heterocycles. The standard InChI is InChI=1S/C34H67N2/c1-4-7-9-11-13-15-17-18-19-20-21-22-24-26-28-30-34-35(6-3)32-33-36(34)31-29-27-25-23-16-14-12-10-8-5-2/h32-33H,4-31H2,1-3H3/q+1. The molecular formula is C34H67N2+. The molecule has 0 aliphatic carbocycles. The molecule has 0 saturated heterocycles. The molecule has 0 amide bonds. The monoisotopic (exact) mass is 504 g/mol. The van der Waals surface area contributed by atoms with E-state index in [1.165, 1.54) is 173 Å². The lowest BCUT2D eigenvalue weighted by atomic mass is 10.0. The molecule has 0 atom stereocenters. The summed E-state index contributed by atoms with van der Waals surface area (Å²) in [7, 11) is 0. The van der Waals surface area contributed by atoms with Gasteiger partial charge < -0.3 is 0 Å². The second-order valence-electron chi connectivity index (χ2n) is 11.6. The van der Waals surface area contributed by atoms with Crippen molar-refractivity contribution in [2.75, 3.05) is 0 Å². The molecule has 0 aromatic carbocycles. The molecule has 212 valence electrons. The molecule has 2 nitrogen and oxygen atoms in total. The summed E-state index contributed by atoms with van der Waals surface area (Å²) in [4.78, 5) is 0. The molecule has 0 unspecified atom stereocenters. The van der Waals surface area contributed by atoms with Crippen LogP contribution in [0.5, 0.6) is 0 Å². The highest BCUT2D eigenvalue weighted by molar-refractivity contribution is 4.84. The summed E-state index contributed by atoms with van der Waals surface area (Å²) in [5.41, 5.74) is 0. The first kappa shape index (κ1) is 33.2. The number of hydrogen-bond acceptors (Lipinski definition) is 0. The van der Waals surface area contributed by atoms with Gasteiger partial charge in [-0.1, -0.05) is 155 Å². The van der Waals surface area contributed by atoms with Gasteiger partial charge in [-0.25, -0.2) is 9.13 Å². The smallest absolute Gasteiger partial charge is 0.235 e. The van der Waals surface area contributed by atoms with Gasteiger partial charge in [0.05, 0.1) is 13.1 Å². The topological polar surface area (TPSA) is 8.81 Å². The van der Waals surface area contributed by atoms with Crippen LogP contribution in [0.2, 0.25) is 0 Å². The fourth-order valence-electron chi connectivity index (χ4n) is 5.70. The highest BCUT2D eigenvalue weighted by atomic mass is 15.1. The van der Waals surface area contributed by atoms with Crippen molar-refractivity contribution >= 4 is 0 Å². The van der Waals surface area contributed by atoms with E-state index in [-0.39, 0.29) is 0 Å². The molecule has 0 N–H and O–H groups in total. The zero-order chi connectivity index (χ0) is 25.9. The van der Waals surface area contributed by atoms with Crippen molar-refractivity contribution in [2.45, 2.75) is 201 Å². The van der Waals surface area contributed by atoms with Gasteiger partial charge in [-0.3, -0.25) is 0 Å². The average molecular weight is 504 g/mol. The van der Waals surface area contributed by atoms with E-state index in [4.69, 9.17) is 0 Å². The SMILES string of the molecule is CCCCCCCCCCCCCCCCCc1n(CCCCCCCCCCCC)cc[n+]1CC. The Morgan fingerprint density at radius 3 is 1.22 bits per heavy atom. The summed E-state index contributed by atoms with van der Waals surface area (Å²) < 4.78 is 5.05. The maximum atomic E-state index is 2.57. The lowest BCUT2D eigenvalue weighted by Gasteiger charge is -2.06. The van der Waals surface area contributed by atoms with E-state index >= 15 is 0 Å². The van der Waals surface area contributed by atoms with Gasteiger partial charge in [0.1, 0.15) is 12.4 Å². The summed E-state index contributed by atoms with van der Waals surface area (Å²) in [6.07, 6.45) is 41.8. The molecule has 1 rings (SSSR count). The minimum Gasteiger partial charge on any atom is -0.235 e. The lowest BCUT2D eigenvalue weighted by Crippen LogP contribution is -2.36. The van der Waals surface area contributed by atoms with Crippen LogP contribution >= 0.6 is 0 Å². The largest absolute Gasteiger partial charge is 0.256 e. The van der Waals surface area contributed by atoms with E-state index in [1.54, 1.807) is 5.82 Å².